The van der Waals surface area contributed by atoms with Gasteiger partial charge in [-0.3, -0.25) is 9.59 Å². The molecule has 2 N–H and O–H groups in total. The fourth-order valence-corrected chi connectivity index (χ4v) is 2.07. The largest absolute Gasteiger partial charge is 0.497 e. The Morgan fingerprint density at radius 1 is 1.41 bits per heavy atom. The van der Waals surface area contributed by atoms with Gasteiger partial charge in [0.05, 0.1) is 7.11 Å². The van der Waals surface area contributed by atoms with Crippen LogP contribution in [0.1, 0.15) is 11.5 Å². The molecule has 1 amide bonds. The summed E-state index contributed by atoms with van der Waals surface area (Å²) in [5.74, 6) is -2.11. The van der Waals surface area contributed by atoms with Crippen LogP contribution < -0.4 is 10.1 Å². The van der Waals surface area contributed by atoms with E-state index in [-0.39, 0.29) is 5.92 Å². The second kappa shape index (κ2) is 4.45. The van der Waals surface area contributed by atoms with Gasteiger partial charge in [0.2, 0.25) is 5.91 Å². The first-order valence-corrected chi connectivity index (χ1v) is 5.28. The standard InChI is InChI=1S/C12H13NO4/c1-17-8-4-2-7(3-5-8)9-6-13-11(14)10(9)12(15)16/h2-5,9-10H,6H2,1H3,(H,13,14)(H,15,16)/t9-,10+/m1/s1. The number of aliphatic carboxylic acids is 1. The summed E-state index contributed by atoms with van der Waals surface area (Å²) in [5, 5.41) is 11.6. The summed E-state index contributed by atoms with van der Waals surface area (Å²) in [4.78, 5) is 22.4. The van der Waals surface area contributed by atoms with Crippen molar-refractivity contribution < 1.29 is 19.4 Å². The molecule has 1 fully saturated rings. The Labute approximate surface area is 98.4 Å². The highest BCUT2D eigenvalue weighted by Gasteiger charge is 2.40. The van der Waals surface area contributed by atoms with Crippen molar-refractivity contribution in [2.75, 3.05) is 13.7 Å². The van der Waals surface area contributed by atoms with Gasteiger partial charge in [-0.05, 0) is 17.7 Å². The van der Waals surface area contributed by atoms with Gasteiger partial charge < -0.3 is 15.2 Å². The van der Waals surface area contributed by atoms with E-state index >= 15 is 0 Å². The Bertz CT molecular complexity index is 440. The first kappa shape index (κ1) is 11.4. The zero-order valence-corrected chi connectivity index (χ0v) is 9.34. The molecule has 0 aromatic heterocycles. The van der Waals surface area contributed by atoms with Gasteiger partial charge in [0.25, 0.3) is 0 Å². The van der Waals surface area contributed by atoms with Crippen LogP contribution in [0.25, 0.3) is 0 Å². The zero-order chi connectivity index (χ0) is 12.4. The van der Waals surface area contributed by atoms with Crippen LogP contribution in [-0.2, 0) is 9.59 Å². The summed E-state index contributed by atoms with van der Waals surface area (Å²) in [6.45, 7) is 0.363. The van der Waals surface area contributed by atoms with Crippen molar-refractivity contribution in [3.8, 4) is 5.75 Å². The maximum atomic E-state index is 11.4. The van der Waals surface area contributed by atoms with E-state index in [0.717, 1.165) is 5.56 Å². The summed E-state index contributed by atoms with van der Waals surface area (Å²) >= 11 is 0. The molecule has 0 aliphatic carbocycles. The summed E-state index contributed by atoms with van der Waals surface area (Å²) in [7, 11) is 1.57. The van der Waals surface area contributed by atoms with Gasteiger partial charge in [0.15, 0.2) is 0 Å². The Morgan fingerprint density at radius 3 is 2.59 bits per heavy atom. The van der Waals surface area contributed by atoms with E-state index < -0.39 is 17.8 Å². The van der Waals surface area contributed by atoms with Crippen molar-refractivity contribution in [2.45, 2.75) is 5.92 Å². The first-order chi connectivity index (χ1) is 8.13. The van der Waals surface area contributed by atoms with Crippen molar-refractivity contribution in [1.29, 1.82) is 0 Å². The lowest BCUT2D eigenvalue weighted by molar-refractivity contribution is -0.145. The van der Waals surface area contributed by atoms with E-state index in [1.165, 1.54) is 0 Å². The van der Waals surface area contributed by atoms with E-state index in [2.05, 4.69) is 5.32 Å². The van der Waals surface area contributed by atoms with Crippen LogP contribution in [0, 0.1) is 5.92 Å². The van der Waals surface area contributed by atoms with Crippen LogP contribution in [0.4, 0.5) is 0 Å². The molecule has 0 unspecified atom stereocenters. The molecular weight excluding hydrogens is 222 g/mol. The molecule has 1 aromatic carbocycles. The summed E-state index contributed by atoms with van der Waals surface area (Å²) in [5.41, 5.74) is 0.830. The minimum absolute atomic E-state index is 0.314. The number of methoxy groups -OCH3 is 1. The summed E-state index contributed by atoms with van der Waals surface area (Å²) < 4.78 is 5.03. The quantitative estimate of drug-likeness (QED) is 0.753. The molecule has 17 heavy (non-hydrogen) atoms. The molecule has 0 radical (unpaired) electrons. The zero-order valence-electron chi connectivity index (χ0n) is 9.34. The number of carbonyl (C=O) groups is 2. The number of carboxylic acid groups (broad SMARTS) is 1. The number of carboxylic acids is 1. The highest BCUT2D eigenvalue weighted by Crippen LogP contribution is 2.30. The van der Waals surface area contributed by atoms with E-state index in [1.807, 2.05) is 0 Å². The Hall–Kier alpha value is -2.04. The molecule has 0 saturated carbocycles. The normalized spacial score (nSPS) is 23.2. The predicted molar refractivity (Wildman–Crippen MR) is 59.9 cm³/mol. The molecule has 0 spiro atoms. The number of carbonyl (C=O) groups excluding carboxylic acids is 1. The van der Waals surface area contributed by atoms with Gasteiger partial charge in [0, 0.05) is 12.5 Å². The van der Waals surface area contributed by atoms with Crippen molar-refractivity contribution in [1.82, 2.24) is 5.32 Å². The second-order valence-electron chi connectivity index (χ2n) is 3.94. The highest BCUT2D eigenvalue weighted by molar-refractivity contribution is 5.99. The van der Waals surface area contributed by atoms with Crippen LogP contribution in [-0.4, -0.2) is 30.6 Å². The Kier molecular flexibility index (Phi) is 2.99. The second-order valence-corrected chi connectivity index (χ2v) is 3.94. The van der Waals surface area contributed by atoms with Crippen molar-refractivity contribution in [3.05, 3.63) is 29.8 Å². The van der Waals surface area contributed by atoms with Gasteiger partial charge in [-0.15, -0.1) is 0 Å². The lowest BCUT2D eigenvalue weighted by Gasteiger charge is -2.13. The Morgan fingerprint density at radius 2 is 2.06 bits per heavy atom. The van der Waals surface area contributed by atoms with Gasteiger partial charge in [0.1, 0.15) is 11.7 Å². The number of nitrogens with one attached hydrogen (secondary N) is 1. The first-order valence-electron chi connectivity index (χ1n) is 5.28. The van der Waals surface area contributed by atoms with Crippen LogP contribution >= 0.6 is 0 Å². The molecular formula is C12H13NO4. The third kappa shape index (κ3) is 2.08. The van der Waals surface area contributed by atoms with Crippen LogP contribution in [0.3, 0.4) is 0 Å². The molecule has 1 aliphatic heterocycles. The fourth-order valence-electron chi connectivity index (χ4n) is 2.07. The average molecular weight is 235 g/mol. The monoisotopic (exact) mass is 235 g/mol. The minimum Gasteiger partial charge on any atom is -0.497 e. The van der Waals surface area contributed by atoms with E-state index in [1.54, 1.807) is 31.4 Å². The van der Waals surface area contributed by atoms with Crippen molar-refractivity contribution in [2.24, 2.45) is 5.92 Å². The van der Waals surface area contributed by atoms with Crippen molar-refractivity contribution in [3.63, 3.8) is 0 Å². The number of rotatable bonds is 3. The summed E-state index contributed by atoms with van der Waals surface area (Å²) in [6, 6.07) is 7.10. The van der Waals surface area contributed by atoms with E-state index in [4.69, 9.17) is 9.84 Å². The maximum absolute atomic E-state index is 11.4. The Balaban J connectivity index is 2.26. The van der Waals surface area contributed by atoms with E-state index in [9.17, 15) is 9.59 Å². The average Bonchev–Trinajstić information content (AvgIpc) is 2.71. The van der Waals surface area contributed by atoms with Crippen LogP contribution in [0.2, 0.25) is 0 Å². The molecule has 0 bridgehead atoms. The number of benzene rings is 1. The number of hydrogen-bond donors (Lipinski definition) is 2. The van der Waals surface area contributed by atoms with Crippen LogP contribution in [0.15, 0.2) is 24.3 Å². The minimum atomic E-state index is -1.08. The number of hydrogen-bond acceptors (Lipinski definition) is 3. The molecule has 1 aromatic rings. The number of ether oxygens (including phenoxy) is 1. The van der Waals surface area contributed by atoms with Gasteiger partial charge in [-0.1, -0.05) is 12.1 Å². The third-order valence-corrected chi connectivity index (χ3v) is 2.99. The lowest BCUT2D eigenvalue weighted by Crippen LogP contribution is -2.26. The van der Waals surface area contributed by atoms with Gasteiger partial charge in [-0.2, -0.15) is 0 Å². The predicted octanol–water partition coefficient (Wildman–Crippen LogP) is 0.609. The molecule has 1 saturated heterocycles. The molecule has 1 heterocycles. The molecule has 90 valence electrons. The third-order valence-electron chi connectivity index (χ3n) is 2.99. The topological polar surface area (TPSA) is 75.6 Å². The number of amides is 1. The van der Waals surface area contributed by atoms with Crippen molar-refractivity contribution >= 4 is 11.9 Å². The lowest BCUT2D eigenvalue weighted by atomic mass is 9.88. The molecule has 1 aliphatic rings. The summed E-state index contributed by atoms with van der Waals surface area (Å²) in [6.07, 6.45) is 0. The van der Waals surface area contributed by atoms with Gasteiger partial charge >= 0.3 is 5.97 Å². The molecule has 5 heteroatoms. The molecule has 2 atom stereocenters. The fraction of sp³-hybridized carbons (Fsp3) is 0.333. The van der Waals surface area contributed by atoms with Crippen LogP contribution in [0.5, 0.6) is 5.75 Å². The SMILES string of the molecule is COc1ccc([C@H]2CNC(=O)[C@H]2C(=O)O)cc1. The molecule has 5 nitrogen and oxygen atoms in total. The van der Waals surface area contributed by atoms with E-state index in [0.29, 0.717) is 12.3 Å². The maximum Gasteiger partial charge on any atom is 0.316 e. The molecule has 2 rings (SSSR count). The highest BCUT2D eigenvalue weighted by atomic mass is 16.5. The smallest absolute Gasteiger partial charge is 0.316 e. The van der Waals surface area contributed by atoms with Gasteiger partial charge in [-0.25, -0.2) is 0 Å².